The first kappa shape index (κ1) is 12.8. The van der Waals surface area contributed by atoms with Crippen LogP contribution in [0.2, 0.25) is 0 Å². The number of halogens is 3. The van der Waals surface area contributed by atoms with E-state index in [-0.39, 0.29) is 6.54 Å². The largest absolute Gasteiger partial charge is 0.390 e. The van der Waals surface area contributed by atoms with Crippen molar-refractivity contribution in [1.82, 2.24) is 10.2 Å². The first-order valence-electron chi connectivity index (χ1n) is 5.46. The summed E-state index contributed by atoms with van der Waals surface area (Å²) in [6.45, 7) is 1.75. The summed E-state index contributed by atoms with van der Waals surface area (Å²) in [5.74, 6) is 0. The standard InChI is InChI=1S/C10H19F3N2/c1-15(8-5-10(11,12)13)7-2-6-14-9-3-4-9/h9,14H,2-8H2,1H3. The van der Waals surface area contributed by atoms with Crippen LogP contribution in [0.15, 0.2) is 0 Å². The average Bonchev–Trinajstić information content (AvgIpc) is 2.91. The van der Waals surface area contributed by atoms with E-state index in [0.29, 0.717) is 6.04 Å². The van der Waals surface area contributed by atoms with Gasteiger partial charge in [0.05, 0.1) is 6.42 Å². The second-order valence-electron chi connectivity index (χ2n) is 4.25. The Balaban J connectivity index is 1.90. The SMILES string of the molecule is CN(CCCNC1CC1)CCC(F)(F)F. The van der Waals surface area contributed by atoms with Crippen molar-refractivity contribution < 1.29 is 13.2 Å². The van der Waals surface area contributed by atoms with Crippen LogP contribution in [0.3, 0.4) is 0 Å². The highest BCUT2D eigenvalue weighted by Gasteiger charge is 2.26. The van der Waals surface area contributed by atoms with E-state index in [2.05, 4.69) is 5.32 Å². The maximum atomic E-state index is 11.9. The zero-order valence-corrected chi connectivity index (χ0v) is 9.11. The van der Waals surface area contributed by atoms with Gasteiger partial charge in [0.25, 0.3) is 0 Å². The molecule has 1 fully saturated rings. The van der Waals surface area contributed by atoms with Gasteiger partial charge in [-0.25, -0.2) is 0 Å². The first-order valence-corrected chi connectivity index (χ1v) is 5.46. The van der Waals surface area contributed by atoms with E-state index in [4.69, 9.17) is 0 Å². The van der Waals surface area contributed by atoms with Gasteiger partial charge in [0.2, 0.25) is 0 Å². The molecule has 0 heterocycles. The summed E-state index contributed by atoms with van der Waals surface area (Å²) in [5, 5.41) is 3.34. The minimum absolute atomic E-state index is 0.104. The molecule has 1 rings (SSSR count). The Bertz CT molecular complexity index is 178. The Morgan fingerprint density at radius 1 is 1.27 bits per heavy atom. The van der Waals surface area contributed by atoms with Crippen molar-refractivity contribution in [2.75, 3.05) is 26.7 Å². The van der Waals surface area contributed by atoms with Crippen molar-refractivity contribution in [3.05, 3.63) is 0 Å². The van der Waals surface area contributed by atoms with Gasteiger partial charge in [0.15, 0.2) is 0 Å². The van der Waals surface area contributed by atoms with Crippen molar-refractivity contribution in [2.24, 2.45) is 0 Å². The molecule has 0 bridgehead atoms. The minimum Gasteiger partial charge on any atom is -0.314 e. The van der Waals surface area contributed by atoms with E-state index in [1.165, 1.54) is 12.8 Å². The molecular formula is C10H19F3N2. The highest BCUT2D eigenvalue weighted by molar-refractivity contribution is 4.80. The van der Waals surface area contributed by atoms with Gasteiger partial charge in [-0.05, 0) is 39.4 Å². The van der Waals surface area contributed by atoms with Gasteiger partial charge >= 0.3 is 6.18 Å². The zero-order valence-electron chi connectivity index (χ0n) is 9.11. The summed E-state index contributed by atoms with van der Waals surface area (Å²) < 4.78 is 35.6. The predicted octanol–water partition coefficient (Wildman–Crippen LogP) is 2.01. The van der Waals surface area contributed by atoms with Crippen molar-refractivity contribution in [3.63, 3.8) is 0 Å². The van der Waals surface area contributed by atoms with Gasteiger partial charge in [0.1, 0.15) is 0 Å². The first-order chi connectivity index (χ1) is 6.97. The molecule has 1 aliphatic rings. The number of rotatable bonds is 7. The maximum Gasteiger partial charge on any atom is 0.390 e. The normalized spacial score (nSPS) is 17.4. The molecule has 0 radical (unpaired) electrons. The fraction of sp³-hybridized carbons (Fsp3) is 1.00. The number of hydrogen-bond acceptors (Lipinski definition) is 2. The molecule has 0 aromatic rings. The summed E-state index contributed by atoms with van der Waals surface area (Å²) in [6, 6.07) is 0.686. The molecule has 15 heavy (non-hydrogen) atoms. The Morgan fingerprint density at radius 2 is 1.93 bits per heavy atom. The summed E-state index contributed by atoms with van der Waals surface area (Å²) in [7, 11) is 1.74. The molecule has 1 N–H and O–H groups in total. The monoisotopic (exact) mass is 224 g/mol. The predicted molar refractivity (Wildman–Crippen MR) is 53.8 cm³/mol. The molecule has 2 nitrogen and oxygen atoms in total. The molecular weight excluding hydrogens is 205 g/mol. The highest BCUT2D eigenvalue weighted by Crippen LogP contribution is 2.19. The van der Waals surface area contributed by atoms with Crippen molar-refractivity contribution >= 4 is 0 Å². The fourth-order valence-electron chi connectivity index (χ4n) is 1.37. The van der Waals surface area contributed by atoms with E-state index < -0.39 is 12.6 Å². The Kier molecular flexibility index (Phi) is 4.86. The minimum atomic E-state index is -4.03. The summed E-state index contributed by atoms with van der Waals surface area (Å²) in [4.78, 5) is 1.74. The molecule has 5 heteroatoms. The molecule has 0 aliphatic heterocycles. The van der Waals surface area contributed by atoms with Crippen LogP contribution in [0.5, 0.6) is 0 Å². The van der Waals surface area contributed by atoms with Gasteiger partial charge in [-0.1, -0.05) is 0 Å². The van der Waals surface area contributed by atoms with Gasteiger partial charge in [0, 0.05) is 12.6 Å². The van der Waals surface area contributed by atoms with Crippen LogP contribution in [0.25, 0.3) is 0 Å². The number of nitrogens with zero attached hydrogens (tertiary/aromatic N) is 1. The van der Waals surface area contributed by atoms with Crippen LogP contribution in [0.4, 0.5) is 13.2 Å². The van der Waals surface area contributed by atoms with Gasteiger partial charge in [-0.3, -0.25) is 0 Å². The molecule has 0 aromatic carbocycles. The third kappa shape index (κ3) is 7.62. The van der Waals surface area contributed by atoms with E-state index >= 15 is 0 Å². The smallest absolute Gasteiger partial charge is 0.314 e. The maximum absolute atomic E-state index is 11.9. The Morgan fingerprint density at radius 3 is 2.47 bits per heavy atom. The van der Waals surface area contributed by atoms with Crippen LogP contribution < -0.4 is 5.32 Å². The lowest BCUT2D eigenvalue weighted by Gasteiger charge is -2.17. The van der Waals surface area contributed by atoms with E-state index in [1.54, 1.807) is 11.9 Å². The van der Waals surface area contributed by atoms with Crippen molar-refractivity contribution in [2.45, 2.75) is 37.9 Å². The van der Waals surface area contributed by atoms with Crippen LogP contribution in [0, 0.1) is 0 Å². The van der Waals surface area contributed by atoms with Crippen molar-refractivity contribution in [1.29, 1.82) is 0 Å². The molecule has 0 atom stereocenters. The molecule has 1 saturated carbocycles. The number of alkyl halides is 3. The highest BCUT2D eigenvalue weighted by atomic mass is 19.4. The average molecular weight is 224 g/mol. The van der Waals surface area contributed by atoms with Crippen LogP contribution in [-0.2, 0) is 0 Å². The van der Waals surface area contributed by atoms with Crippen LogP contribution in [-0.4, -0.2) is 43.8 Å². The Labute approximate surface area is 88.8 Å². The zero-order chi connectivity index (χ0) is 11.3. The summed E-state index contributed by atoms with van der Waals surface area (Å²) >= 11 is 0. The molecule has 0 aromatic heterocycles. The quantitative estimate of drug-likeness (QED) is 0.665. The topological polar surface area (TPSA) is 15.3 Å². The van der Waals surface area contributed by atoms with E-state index in [9.17, 15) is 13.2 Å². The second kappa shape index (κ2) is 5.70. The van der Waals surface area contributed by atoms with Crippen LogP contribution in [0.1, 0.15) is 25.7 Å². The third-order valence-electron chi connectivity index (χ3n) is 2.50. The van der Waals surface area contributed by atoms with Gasteiger partial charge in [-0.2, -0.15) is 13.2 Å². The lowest BCUT2D eigenvalue weighted by atomic mass is 10.3. The number of hydrogen-bond donors (Lipinski definition) is 1. The second-order valence-corrected chi connectivity index (χ2v) is 4.25. The molecule has 0 unspecified atom stereocenters. The van der Waals surface area contributed by atoms with Gasteiger partial charge < -0.3 is 10.2 Å². The summed E-state index contributed by atoms with van der Waals surface area (Å²) in [5.41, 5.74) is 0. The number of nitrogens with one attached hydrogen (secondary N) is 1. The lowest BCUT2D eigenvalue weighted by Crippen LogP contribution is -2.28. The molecule has 0 amide bonds. The Hall–Kier alpha value is -0.290. The van der Waals surface area contributed by atoms with Gasteiger partial charge in [-0.15, -0.1) is 0 Å². The van der Waals surface area contributed by atoms with E-state index in [0.717, 1.165) is 19.5 Å². The fourth-order valence-corrected chi connectivity index (χ4v) is 1.37. The van der Waals surface area contributed by atoms with E-state index in [1.807, 2.05) is 0 Å². The van der Waals surface area contributed by atoms with Crippen molar-refractivity contribution in [3.8, 4) is 0 Å². The molecule has 0 saturated heterocycles. The lowest BCUT2D eigenvalue weighted by molar-refractivity contribution is -0.137. The molecule has 1 aliphatic carbocycles. The third-order valence-corrected chi connectivity index (χ3v) is 2.50. The molecule has 90 valence electrons. The van der Waals surface area contributed by atoms with Crippen LogP contribution >= 0.6 is 0 Å². The molecule has 0 spiro atoms. The summed E-state index contributed by atoms with van der Waals surface area (Å²) in [6.07, 6.45) is -1.31.